The van der Waals surface area contributed by atoms with E-state index in [4.69, 9.17) is 32.4 Å². The molecule has 0 radical (unpaired) electrons. The Morgan fingerprint density at radius 3 is 2.81 bits per heavy atom. The molecule has 0 N–H and O–H groups in total. The number of likely N-dealkylation sites (N-methyl/N-ethyl adjacent to an activating group) is 1. The molecule has 0 saturated heterocycles. The molecule has 0 aliphatic heterocycles. The topological polar surface area (TPSA) is 55.6 Å². The maximum absolute atomic E-state index is 12.0. The van der Waals surface area contributed by atoms with Gasteiger partial charge in [0.1, 0.15) is 18.1 Å². The number of halogens is 2. The Bertz CT molecular complexity index is 617. The number of oxazole rings is 1. The van der Waals surface area contributed by atoms with Crippen LogP contribution >= 0.6 is 23.2 Å². The van der Waals surface area contributed by atoms with Crippen molar-refractivity contribution in [3.63, 3.8) is 0 Å². The fourth-order valence-corrected chi connectivity index (χ4v) is 2.09. The van der Waals surface area contributed by atoms with E-state index in [0.717, 1.165) is 0 Å². The van der Waals surface area contributed by atoms with E-state index in [1.165, 1.54) is 17.6 Å². The van der Waals surface area contributed by atoms with E-state index in [1.54, 1.807) is 25.2 Å². The Morgan fingerprint density at radius 1 is 1.43 bits per heavy atom. The second kappa shape index (κ2) is 6.83. The molecule has 2 rings (SSSR count). The molecule has 0 aliphatic carbocycles. The molecule has 1 aromatic heterocycles. The van der Waals surface area contributed by atoms with E-state index in [-0.39, 0.29) is 17.7 Å². The number of hydrogen-bond donors (Lipinski definition) is 0. The number of aromatic nitrogens is 1. The molecule has 2 aromatic rings. The van der Waals surface area contributed by atoms with Crippen molar-refractivity contribution in [2.45, 2.75) is 13.0 Å². The third kappa shape index (κ3) is 4.12. The molecule has 1 amide bonds. The molecule has 112 valence electrons. The van der Waals surface area contributed by atoms with Gasteiger partial charge in [0.05, 0.1) is 16.6 Å². The number of carbonyl (C=O) groups is 1. The molecule has 1 aromatic carbocycles. The molecule has 5 nitrogen and oxygen atoms in total. The van der Waals surface area contributed by atoms with Gasteiger partial charge in [-0.3, -0.25) is 4.79 Å². The fraction of sp³-hybridized carbons (Fsp3) is 0.286. The van der Waals surface area contributed by atoms with Gasteiger partial charge in [-0.15, -0.1) is 0 Å². The second-order valence-electron chi connectivity index (χ2n) is 4.56. The predicted octanol–water partition coefficient (Wildman–Crippen LogP) is 3.52. The monoisotopic (exact) mass is 328 g/mol. The molecule has 0 spiro atoms. The van der Waals surface area contributed by atoms with E-state index in [0.29, 0.717) is 22.3 Å². The Balaban J connectivity index is 1.93. The summed E-state index contributed by atoms with van der Waals surface area (Å²) in [5.74, 6) is 0.368. The number of nitrogens with zero attached hydrogens (tertiary/aromatic N) is 2. The fourth-order valence-electron chi connectivity index (χ4n) is 1.80. The van der Waals surface area contributed by atoms with Gasteiger partial charge in [-0.2, -0.15) is 0 Å². The standard InChI is InChI=1S/C14H14Cl2N2O3/c1-9(21-10-3-4-11(15)12(16)5-10)6-18(2)14(19)13-7-20-8-17-13/h3-5,7-9H,6H2,1-2H3. The lowest BCUT2D eigenvalue weighted by atomic mass is 10.3. The van der Waals surface area contributed by atoms with Gasteiger partial charge in [0.15, 0.2) is 12.1 Å². The van der Waals surface area contributed by atoms with Gasteiger partial charge < -0.3 is 14.1 Å². The first-order valence-electron chi connectivity index (χ1n) is 6.22. The van der Waals surface area contributed by atoms with Crippen molar-refractivity contribution in [1.29, 1.82) is 0 Å². The minimum absolute atomic E-state index is 0.219. The summed E-state index contributed by atoms with van der Waals surface area (Å²) < 4.78 is 10.5. The highest BCUT2D eigenvalue weighted by molar-refractivity contribution is 6.42. The predicted molar refractivity (Wildman–Crippen MR) is 80.0 cm³/mol. The van der Waals surface area contributed by atoms with Crippen LogP contribution in [0.15, 0.2) is 35.3 Å². The number of amides is 1. The number of benzene rings is 1. The maximum Gasteiger partial charge on any atom is 0.275 e. The summed E-state index contributed by atoms with van der Waals surface area (Å²) in [6, 6.07) is 5.03. The lowest BCUT2D eigenvalue weighted by Crippen LogP contribution is -2.35. The van der Waals surface area contributed by atoms with Crippen LogP contribution in [0.25, 0.3) is 0 Å². The van der Waals surface area contributed by atoms with Gasteiger partial charge in [-0.05, 0) is 19.1 Å². The molecular weight excluding hydrogens is 315 g/mol. The third-order valence-corrected chi connectivity index (χ3v) is 3.50. The second-order valence-corrected chi connectivity index (χ2v) is 5.38. The van der Waals surface area contributed by atoms with E-state index in [9.17, 15) is 4.79 Å². The normalized spacial score (nSPS) is 12.0. The van der Waals surface area contributed by atoms with Crippen molar-refractivity contribution < 1.29 is 13.9 Å². The lowest BCUT2D eigenvalue weighted by molar-refractivity contribution is 0.0721. The smallest absolute Gasteiger partial charge is 0.275 e. The quantitative estimate of drug-likeness (QED) is 0.842. The zero-order valence-electron chi connectivity index (χ0n) is 11.5. The molecule has 21 heavy (non-hydrogen) atoms. The molecule has 0 saturated carbocycles. The Hall–Kier alpha value is -1.72. The van der Waals surface area contributed by atoms with E-state index >= 15 is 0 Å². The van der Waals surface area contributed by atoms with Gasteiger partial charge >= 0.3 is 0 Å². The summed E-state index contributed by atoms with van der Waals surface area (Å²) in [5, 5.41) is 0.892. The first-order valence-corrected chi connectivity index (χ1v) is 6.98. The number of carbonyl (C=O) groups excluding carboxylic acids is 1. The van der Waals surface area contributed by atoms with Gasteiger partial charge in [0.25, 0.3) is 5.91 Å². The van der Waals surface area contributed by atoms with E-state index < -0.39 is 0 Å². The highest BCUT2D eigenvalue weighted by Crippen LogP contribution is 2.26. The molecule has 0 fully saturated rings. The molecule has 1 atom stereocenters. The van der Waals surface area contributed by atoms with Crippen molar-refractivity contribution in [2.75, 3.05) is 13.6 Å². The van der Waals surface area contributed by atoms with Crippen LogP contribution in [0.4, 0.5) is 0 Å². The third-order valence-electron chi connectivity index (χ3n) is 2.76. The Labute approximate surface area is 132 Å². The van der Waals surface area contributed by atoms with Crippen LogP contribution in [-0.2, 0) is 0 Å². The lowest BCUT2D eigenvalue weighted by Gasteiger charge is -2.22. The van der Waals surface area contributed by atoms with Crippen molar-refractivity contribution >= 4 is 29.1 Å². The minimum atomic E-state index is -0.228. The first-order chi connectivity index (χ1) is 9.97. The Kier molecular flexibility index (Phi) is 5.09. The number of hydrogen-bond acceptors (Lipinski definition) is 4. The van der Waals surface area contributed by atoms with Crippen molar-refractivity contribution in [3.8, 4) is 5.75 Å². The van der Waals surface area contributed by atoms with Crippen LogP contribution < -0.4 is 4.74 Å². The zero-order chi connectivity index (χ0) is 15.4. The molecule has 7 heteroatoms. The SMILES string of the molecule is CC(CN(C)C(=O)c1cocn1)Oc1ccc(Cl)c(Cl)c1. The Morgan fingerprint density at radius 2 is 2.19 bits per heavy atom. The molecule has 1 heterocycles. The summed E-state index contributed by atoms with van der Waals surface area (Å²) in [7, 11) is 1.67. The minimum Gasteiger partial charge on any atom is -0.489 e. The summed E-state index contributed by atoms with van der Waals surface area (Å²) in [5.41, 5.74) is 0.263. The maximum atomic E-state index is 12.0. The average Bonchev–Trinajstić information content (AvgIpc) is 2.96. The van der Waals surface area contributed by atoms with Gasteiger partial charge in [0.2, 0.25) is 0 Å². The van der Waals surface area contributed by atoms with Crippen LogP contribution in [0.5, 0.6) is 5.75 Å². The van der Waals surface area contributed by atoms with Crippen LogP contribution in [0.2, 0.25) is 10.0 Å². The van der Waals surface area contributed by atoms with Crippen LogP contribution in [-0.4, -0.2) is 35.5 Å². The number of ether oxygens (including phenoxy) is 1. The van der Waals surface area contributed by atoms with Crippen molar-refractivity contribution in [1.82, 2.24) is 9.88 Å². The summed E-state index contributed by atoms with van der Waals surface area (Å²) in [6.45, 7) is 2.25. The van der Waals surface area contributed by atoms with E-state index in [2.05, 4.69) is 4.98 Å². The molecule has 0 aliphatic rings. The van der Waals surface area contributed by atoms with Crippen LogP contribution in [0.1, 0.15) is 17.4 Å². The molecular formula is C14H14Cl2N2O3. The van der Waals surface area contributed by atoms with E-state index in [1.807, 2.05) is 6.92 Å². The first kappa shape index (κ1) is 15.7. The van der Waals surface area contributed by atoms with Gasteiger partial charge in [-0.1, -0.05) is 23.2 Å². The molecule has 1 unspecified atom stereocenters. The van der Waals surface area contributed by atoms with Crippen LogP contribution in [0, 0.1) is 0 Å². The average molecular weight is 329 g/mol. The zero-order valence-corrected chi connectivity index (χ0v) is 13.1. The summed E-state index contributed by atoms with van der Waals surface area (Å²) in [4.78, 5) is 17.3. The number of rotatable bonds is 5. The van der Waals surface area contributed by atoms with Crippen LogP contribution in [0.3, 0.4) is 0 Å². The van der Waals surface area contributed by atoms with Crippen molar-refractivity contribution in [3.05, 3.63) is 46.6 Å². The highest BCUT2D eigenvalue weighted by Gasteiger charge is 2.17. The van der Waals surface area contributed by atoms with Gasteiger partial charge in [-0.25, -0.2) is 4.98 Å². The molecule has 0 bridgehead atoms. The van der Waals surface area contributed by atoms with Crippen molar-refractivity contribution in [2.24, 2.45) is 0 Å². The van der Waals surface area contributed by atoms with Gasteiger partial charge in [0, 0.05) is 13.1 Å². The largest absolute Gasteiger partial charge is 0.489 e. The highest BCUT2D eigenvalue weighted by atomic mass is 35.5. The summed E-state index contributed by atoms with van der Waals surface area (Å²) in [6.07, 6.45) is 2.31. The summed E-state index contributed by atoms with van der Waals surface area (Å²) >= 11 is 11.8.